The van der Waals surface area contributed by atoms with Gasteiger partial charge in [0.15, 0.2) is 0 Å². The van der Waals surface area contributed by atoms with Crippen molar-refractivity contribution in [3.05, 3.63) is 22.4 Å². The zero-order valence-electron chi connectivity index (χ0n) is 9.95. The Morgan fingerprint density at radius 1 is 1.47 bits per heavy atom. The second kappa shape index (κ2) is 6.74. The Balaban J connectivity index is 1.59. The fourth-order valence-electron chi connectivity index (χ4n) is 1.92. The van der Waals surface area contributed by atoms with E-state index in [0.29, 0.717) is 6.42 Å². The van der Waals surface area contributed by atoms with Crippen molar-refractivity contribution in [2.75, 3.05) is 39.3 Å². The first-order chi connectivity index (χ1) is 8.34. The molecule has 0 unspecified atom stereocenters. The van der Waals surface area contributed by atoms with E-state index in [0.717, 1.165) is 44.1 Å². The second-order valence-electron chi connectivity index (χ2n) is 4.20. The SMILES string of the molecule is O=C(Cc1cccs1)NCCN1CCNCC1. The normalized spacial score (nSPS) is 16.9. The summed E-state index contributed by atoms with van der Waals surface area (Å²) in [5.74, 6) is 0.127. The molecule has 1 aliphatic heterocycles. The van der Waals surface area contributed by atoms with Crippen LogP contribution in [0.5, 0.6) is 0 Å². The Morgan fingerprint density at radius 3 is 3.00 bits per heavy atom. The molecule has 0 saturated carbocycles. The summed E-state index contributed by atoms with van der Waals surface area (Å²) in [6, 6.07) is 3.98. The number of hydrogen-bond acceptors (Lipinski definition) is 4. The van der Waals surface area contributed by atoms with Gasteiger partial charge in [-0.15, -0.1) is 11.3 Å². The highest BCUT2D eigenvalue weighted by molar-refractivity contribution is 7.10. The number of piperazine rings is 1. The Bertz CT molecular complexity index is 334. The lowest BCUT2D eigenvalue weighted by atomic mass is 10.3. The Morgan fingerprint density at radius 2 is 2.29 bits per heavy atom. The van der Waals surface area contributed by atoms with Gasteiger partial charge in [-0.25, -0.2) is 0 Å². The van der Waals surface area contributed by atoms with E-state index in [1.807, 2.05) is 17.5 Å². The summed E-state index contributed by atoms with van der Waals surface area (Å²) in [4.78, 5) is 15.1. The molecule has 0 bridgehead atoms. The van der Waals surface area contributed by atoms with Gasteiger partial charge >= 0.3 is 0 Å². The lowest BCUT2D eigenvalue weighted by Crippen LogP contribution is -2.46. The first kappa shape index (κ1) is 12.5. The molecule has 2 N–H and O–H groups in total. The molecule has 1 aliphatic rings. The smallest absolute Gasteiger partial charge is 0.225 e. The molecule has 0 radical (unpaired) electrons. The molecule has 0 atom stereocenters. The third-order valence-electron chi connectivity index (χ3n) is 2.87. The highest BCUT2D eigenvalue weighted by Crippen LogP contribution is 2.08. The molecule has 2 rings (SSSR count). The molecular formula is C12H19N3OS. The Kier molecular flexibility index (Phi) is 4.97. The molecule has 2 heterocycles. The van der Waals surface area contributed by atoms with Gasteiger partial charge in [0, 0.05) is 44.1 Å². The quantitative estimate of drug-likeness (QED) is 0.794. The summed E-state index contributed by atoms with van der Waals surface area (Å²) < 4.78 is 0. The van der Waals surface area contributed by atoms with E-state index >= 15 is 0 Å². The summed E-state index contributed by atoms with van der Waals surface area (Å²) >= 11 is 1.63. The van der Waals surface area contributed by atoms with Gasteiger partial charge in [0.05, 0.1) is 6.42 Å². The van der Waals surface area contributed by atoms with Gasteiger partial charge in [-0.2, -0.15) is 0 Å². The van der Waals surface area contributed by atoms with Crippen LogP contribution in [0.3, 0.4) is 0 Å². The number of amides is 1. The van der Waals surface area contributed by atoms with Crippen molar-refractivity contribution in [3.63, 3.8) is 0 Å². The number of carbonyl (C=O) groups is 1. The monoisotopic (exact) mass is 253 g/mol. The number of hydrogen-bond donors (Lipinski definition) is 2. The van der Waals surface area contributed by atoms with Gasteiger partial charge in [-0.3, -0.25) is 9.69 Å². The third kappa shape index (κ3) is 4.46. The van der Waals surface area contributed by atoms with Gasteiger partial charge < -0.3 is 10.6 Å². The molecule has 17 heavy (non-hydrogen) atoms. The fourth-order valence-corrected chi connectivity index (χ4v) is 2.63. The summed E-state index contributed by atoms with van der Waals surface area (Å²) in [6.45, 7) is 6.00. The summed E-state index contributed by atoms with van der Waals surface area (Å²) in [7, 11) is 0. The number of nitrogens with zero attached hydrogens (tertiary/aromatic N) is 1. The van der Waals surface area contributed by atoms with Crippen LogP contribution in [-0.4, -0.2) is 50.1 Å². The van der Waals surface area contributed by atoms with E-state index in [-0.39, 0.29) is 5.91 Å². The van der Waals surface area contributed by atoms with Crippen LogP contribution in [0.25, 0.3) is 0 Å². The van der Waals surface area contributed by atoms with E-state index in [9.17, 15) is 4.79 Å². The van der Waals surface area contributed by atoms with Crippen molar-refractivity contribution >= 4 is 17.2 Å². The van der Waals surface area contributed by atoms with Crippen molar-refractivity contribution in [2.24, 2.45) is 0 Å². The van der Waals surface area contributed by atoms with Crippen molar-refractivity contribution in [1.29, 1.82) is 0 Å². The maximum atomic E-state index is 11.6. The zero-order valence-corrected chi connectivity index (χ0v) is 10.8. The van der Waals surface area contributed by atoms with Crippen LogP contribution < -0.4 is 10.6 Å². The molecule has 1 saturated heterocycles. The lowest BCUT2D eigenvalue weighted by molar-refractivity contribution is -0.120. The van der Waals surface area contributed by atoms with Crippen LogP contribution in [0.15, 0.2) is 17.5 Å². The van der Waals surface area contributed by atoms with Crippen LogP contribution in [0, 0.1) is 0 Å². The molecule has 0 spiro atoms. The van der Waals surface area contributed by atoms with Crippen molar-refractivity contribution in [2.45, 2.75) is 6.42 Å². The average Bonchev–Trinajstić information content (AvgIpc) is 2.83. The van der Waals surface area contributed by atoms with E-state index < -0.39 is 0 Å². The Labute approximate surface area is 106 Å². The predicted octanol–water partition coefficient (Wildman–Crippen LogP) is 0.312. The minimum atomic E-state index is 0.127. The van der Waals surface area contributed by atoms with Gasteiger partial charge in [-0.1, -0.05) is 6.07 Å². The minimum Gasteiger partial charge on any atom is -0.355 e. The van der Waals surface area contributed by atoms with E-state index in [4.69, 9.17) is 0 Å². The standard InChI is InChI=1S/C12H19N3OS/c16-12(10-11-2-1-9-17-11)14-5-8-15-6-3-13-4-7-15/h1-2,9,13H,3-8,10H2,(H,14,16). The maximum Gasteiger partial charge on any atom is 0.225 e. The first-order valence-corrected chi connectivity index (χ1v) is 6.95. The second-order valence-corrected chi connectivity index (χ2v) is 5.23. The average molecular weight is 253 g/mol. The molecule has 1 amide bonds. The molecule has 1 fully saturated rings. The summed E-state index contributed by atoms with van der Waals surface area (Å²) in [5, 5.41) is 8.29. The molecular weight excluding hydrogens is 234 g/mol. The minimum absolute atomic E-state index is 0.127. The molecule has 1 aromatic rings. The molecule has 0 aliphatic carbocycles. The van der Waals surface area contributed by atoms with Gasteiger partial charge in [0.1, 0.15) is 0 Å². The van der Waals surface area contributed by atoms with Gasteiger partial charge in [0.25, 0.3) is 0 Å². The Hall–Kier alpha value is -0.910. The number of nitrogens with one attached hydrogen (secondary N) is 2. The number of thiophene rings is 1. The van der Waals surface area contributed by atoms with E-state index in [1.54, 1.807) is 11.3 Å². The zero-order chi connectivity index (χ0) is 11.9. The number of carbonyl (C=O) groups excluding carboxylic acids is 1. The van der Waals surface area contributed by atoms with Crippen LogP contribution in [0.4, 0.5) is 0 Å². The molecule has 5 heteroatoms. The van der Waals surface area contributed by atoms with E-state index in [1.165, 1.54) is 0 Å². The largest absolute Gasteiger partial charge is 0.355 e. The number of rotatable bonds is 5. The lowest BCUT2D eigenvalue weighted by Gasteiger charge is -2.27. The molecule has 4 nitrogen and oxygen atoms in total. The van der Waals surface area contributed by atoms with Crippen molar-refractivity contribution in [3.8, 4) is 0 Å². The first-order valence-electron chi connectivity index (χ1n) is 6.07. The van der Waals surface area contributed by atoms with E-state index in [2.05, 4.69) is 15.5 Å². The van der Waals surface area contributed by atoms with Crippen LogP contribution in [0.2, 0.25) is 0 Å². The van der Waals surface area contributed by atoms with Crippen LogP contribution in [-0.2, 0) is 11.2 Å². The predicted molar refractivity (Wildman–Crippen MR) is 70.3 cm³/mol. The van der Waals surface area contributed by atoms with Gasteiger partial charge in [-0.05, 0) is 11.4 Å². The molecule has 94 valence electrons. The molecule has 0 aromatic carbocycles. The maximum absolute atomic E-state index is 11.6. The van der Waals surface area contributed by atoms with Crippen molar-refractivity contribution < 1.29 is 4.79 Å². The fraction of sp³-hybridized carbons (Fsp3) is 0.583. The van der Waals surface area contributed by atoms with Crippen molar-refractivity contribution in [1.82, 2.24) is 15.5 Å². The highest BCUT2D eigenvalue weighted by atomic mass is 32.1. The third-order valence-corrected chi connectivity index (χ3v) is 3.75. The highest BCUT2D eigenvalue weighted by Gasteiger charge is 2.09. The summed E-state index contributed by atoms with van der Waals surface area (Å²) in [6.07, 6.45) is 0.513. The topological polar surface area (TPSA) is 44.4 Å². The van der Waals surface area contributed by atoms with Crippen LogP contribution >= 0.6 is 11.3 Å². The summed E-state index contributed by atoms with van der Waals surface area (Å²) in [5.41, 5.74) is 0. The molecule has 1 aromatic heterocycles. The van der Waals surface area contributed by atoms with Gasteiger partial charge in [0.2, 0.25) is 5.91 Å². The van der Waals surface area contributed by atoms with Crippen LogP contribution in [0.1, 0.15) is 4.88 Å².